The van der Waals surface area contributed by atoms with E-state index in [1.807, 2.05) is 6.92 Å². The van der Waals surface area contributed by atoms with E-state index in [2.05, 4.69) is 15.2 Å². The fraction of sp³-hybridized carbons (Fsp3) is 0.458. The number of hydrogen-bond acceptors (Lipinski definition) is 7. The van der Waals surface area contributed by atoms with Gasteiger partial charge in [-0.05, 0) is 56.7 Å². The largest absolute Gasteiger partial charge is 0.504 e. The van der Waals surface area contributed by atoms with E-state index in [1.165, 1.54) is 6.42 Å². The molecule has 1 aromatic heterocycles. The summed E-state index contributed by atoms with van der Waals surface area (Å²) in [6, 6.07) is 5.03. The number of aromatic hydroxyl groups is 1. The van der Waals surface area contributed by atoms with E-state index >= 15 is 0 Å². The van der Waals surface area contributed by atoms with E-state index in [1.54, 1.807) is 18.2 Å². The first-order valence-corrected chi connectivity index (χ1v) is 11.4. The summed E-state index contributed by atoms with van der Waals surface area (Å²) in [5.41, 5.74) is 2.38. The number of aromatic nitrogens is 2. The molecule has 1 aromatic carbocycles. The zero-order valence-electron chi connectivity index (χ0n) is 18.2. The van der Waals surface area contributed by atoms with Crippen LogP contribution in [-0.4, -0.2) is 40.6 Å². The lowest BCUT2D eigenvalue weighted by Gasteiger charge is -2.34. The molecular weight excluding hydrogens is 408 g/mol. The predicted octanol–water partition coefficient (Wildman–Crippen LogP) is 3.43. The Labute approximate surface area is 186 Å². The smallest absolute Gasteiger partial charge is 0.258 e. The maximum Gasteiger partial charge on any atom is 0.258 e. The minimum Gasteiger partial charge on any atom is -0.504 e. The number of ketones is 1. The van der Waals surface area contributed by atoms with Gasteiger partial charge in [-0.15, -0.1) is 0 Å². The third-order valence-corrected chi connectivity index (χ3v) is 6.52. The van der Waals surface area contributed by atoms with Gasteiger partial charge < -0.3 is 20.1 Å². The molecule has 3 N–H and O–H groups in total. The number of phenols is 1. The Kier molecular flexibility index (Phi) is 5.36. The highest BCUT2D eigenvalue weighted by Gasteiger charge is 2.38. The lowest BCUT2D eigenvalue weighted by molar-refractivity contribution is -0.116. The summed E-state index contributed by atoms with van der Waals surface area (Å²) in [6.45, 7) is 3.97. The summed E-state index contributed by atoms with van der Waals surface area (Å²) >= 11 is 0. The average Bonchev–Trinajstić information content (AvgIpc) is 2.80. The molecule has 3 aliphatic rings. The summed E-state index contributed by atoms with van der Waals surface area (Å²) in [6.07, 6.45) is 5.31. The van der Waals surface area contributed by atoms with E-state index in [0.29, 0.717) is 41.7 Å². The van der Waals surface area contributed by atoms with Crippen LogP contribution in [0.15, 0.2) is 34.3 Å². The van der Waals surface area contributed by atoms with Gasteiger partial charge in [0.05, 0.1) is 12.2 Å². The number of carbonyl (C=O) groups excluding carboxylic acids is 1. The maximum atomic E-state index is 13.4. The number of nitrogens with one attached hydrogen (secondary N) is 2. The van der Waals surface area contributed by atoms with Crippen molar-refractivity contribution in [3.8, 4) is 11.5 Å². The van der Waals surface area contributed by atoms with Crippen LogP contribution in [0.1, 0.15) is 62.5 Å². The molecule has 2 aromatic rings. The molecule has 0 unspecified atom stereocenters. The number of phenolic OH excluding ortho intramolecular Hbond substituents is 1. The lowest BCUT2D eigenvalue weighted by Crippen LogP contribution is -2.36. The Morgan fingerprint density at radius 2 is 1.97 bits per heavy atom. The highest BCUT2D eigenvalue weighted by atomic mass is 16.5. The number of fused-ring (bicyclic) bond motifs is 1. The van der Waals surface area contributed by atoms with Gasteiger partial charge in [0.25, 0.3) is 5.56 Å². The van der Waals surface area contributed by atoms with Crippen LogP contribution in [0.5, 0.6) is 11.5 Å². The van der Waals surface area contributed by atoms with Gasteiger partial charge in [-0.1, -0.05) is 6.07 Å². The van der Waals surface area contributed by atoms with Gasteiger partial charge in [0.1, 0.15) is 5.82 Å². The number of ether oxygens (including phenoxy) is 1. The molecule has 1 saturated heterocycles. The molecule has 1 aliphatic carbocycles. The van der Waals surface area contributed by atoms with Crippen molar-refractivity contribution in [3.63, 3.8) is 0 Å². The van der Waals surface area contributed by atoms with Crippen LogP contribution in [0.3, 0.4) is 0 Å². The molecule has 3 heterocycles. The number of anilines is 2. The Morgan fingerprint density at radius 3 is 2.75 bits per heavy atom. The second-order valence-corrected chi connectivity index (χ2v) is 8.59. The molecule has 2 aliphatic heterocycles. The molecule has 0 spiro atoms. The summed E-state index contributed by atoms with van der Waals surface area (Å²) in [5, 5.41) is 13.5. The lowest BCUT2D eigenvalue weighted by atomic mass is 9.76. The first-order chi connectivity index (χ1) is 15.6. The number of aromatic amines is 1. The number of H-pyrrole nitrogens is 1. The fourth-order valence-electron chi connectivity index (χ4n) is 5.02. The van der Waals surface area contributed by atoms with E-state index in [-0.39, 0.29) is 17.1 Å². The molecule has 0 amide bonds. The van der Waals surface area contributed by atoms with Crippen LogP contribution in [0.2, 0.25) is 0 Å². The van der Waals surface area contributed by atoms with E-state index in [0.717, 1.165) is 50.0 Å². The van der Waals surface area contributed by atoms with Crippen molar-refractivity contribution in [2.45, 2.75) is 51.4 Å². The monoisotopic (exact) mass is 436 g/mol. The topological polar surface area (TPSA) is 108 Å². The number of piperidine rings is 1. The van der Waals surface area contributed by atoms with E-state index in [9.17, 15) is 14.7 Å². The van der Waals surface area contributed by atoms with Crippen molar-refractivity contribution < 1.29 is 14.6 Å². The highest BCUT2D eigenvalue weighted by Crippen LogP contribution is 2.45. The second-order valence-electron chi connectivity index (χ2n) is 8.59. The number of benzene rings is 1. The van der Waals surface area contributed by atoms with Crippen LogP contribution < -0.4 is 20.5 Å². The predicted molar refractivity (Wildman–Crippen MR) is 122 cm³/mol. The average molecular weight is 437 g/mol. The molecule has 32 heavy (non-hydrogen) atoms. The molecule has 0 saturated carbocycles. The quantitative estimate of drug-likeness (QED) is 0.674. The number of nitrogens with zero attached hydrogens (tertiary/aromatic N) is 2. The van der Waals surface area contributed by atoms with Crippen molar-refractivity contribution in [2.75, 3.05) is 29.9 Å². The van der Waals surface area contributed by atoms with Crippen LogP contribution >= 0.6 is 0 Å². The third kappa shape index (κ3) is 3.53. The van der Waals surface area contributed by atoms with Crippen molar-refractivity contribution >= 4 is 17.5 Å². The van der Waals surface area contributed by atoms with E-state index < -0.39 is 5.92 Å². The van der Waals surface area contributed by atoms with Crippen LogP contribution in [-0.2, 0) is 4.79 Å². The first kappa shape index (κ1) is 20.6. The number of Topliss-reactive ketones (excluding diaryl/α,β-unsaturated/α-hetero) is 1. The van der Waals surface area contributed by atoms with Gasteiger partial charge in [0.2, 0.25) is 5.95 Å². The Morgan fingerprint density at radius 1 is 1.16 bits per heavy atom. The second kappa shape index (κ2) is 8.33. The van der Waals surface area contributed by atoms with Crippen LogP contribution in [0.25, 0.3) is 0 Å². The SMILES string of the molecule is CCOc1cc([C@H]2C3=C(CCCC3=O)Nc3nc(N4CCCCC4)[nH]c(=O)c32)ccc1O. The van der Waals surface area contributed by atoms with Crippen molar-refractivity contribution in [3.05, 3.63) is 50.9 Å². The molecule has 0 radical (unpaired) electrons. The standard InChI is InChI=1S/C24H28N4O4/c1-2-32-18-13-14(9-10-16(18)29)19-20-15(7-6-8-17(20)30)25-22-21(19)23(31)27-24(26-22)28-11-4-3-5-12-28/h9-10,13,19,29H,2-8,11-12H2,1H3,(H2,25,26,27,31)/t19-/m0/s1. The normalized spacial score (nSPS) is 20.5. The molecule has 0 bridgehead atoms. The van der Waals surface area contributed by atoms with Gasteiger partial charge >= 0.3 is 0 Å². The molecule has 5 rings (SSSR count). The zero-order chi connectivity index (χ0) is 22.2. The van der Waals surface area contributed by atoms with Crippen molar-refractivity contribution in [1.82, 2.24) is 9.97 Å². The maximum absolute atomic E-state index is 13.4. The number of carbonyl (C=O) groups is 1. The van der Waals surface area contributed by atoms with Gasteiger partial charge in [-0.25, -0.2) is 0 Å². The summed E-state index contributed by atoms with van der Waals surface area (Å²) in [4.78, 5) is 36.3. The molecule has 8 heteroatoms. The number of rotatable bonds is 4. The highest BCUT2D eigenvalue weighted by molar-refractivity contribution is 6.01. The molecule has 8 nitrogen and oxygen atoms in total. The molecule has 168 valence electrons. The van der Waals surface area contributed by atoms with E-state index in [4.69, 9.17) is 9.72 Å². The van der Waals surface area contributed by atoms with Crippen molar-refractivity contribution in [2.24, 2.45) is 0 Å². The third-order valence-electron chi connectivity index (χ3n) is 6.52. The van der Waals surface area contributed by atoms with Gasteiger partial charge in [-0.2, -0.15) is 4.98 Å². The molecule has 1 atom stereocenters. The Hall–Kier alpha value is -3.29. The van der Waals surface area contributed by atoms with Crippen molar-refractivity contribution in [1.29, 1.82) is 0 Å². The van der Waals surface area contributed by atoms with Gasteiger partial charge in [-0.3, -0.25) is 14.6 Å². The minimum atomic E-state index is -0.555. The number of hydrogen-bond donors (Lipinski definition) is 3. The fourth-order valence-corrected chi connectivity index (χ4v) is 5.02. The van der Waals surface area contributed by atoms with Crippen LogP contribution in [0.4, 0.5) is 11.8 Å². The summed E-state index contributed by atoms with van der Waals surface area (Å²) in [7, 11) is 0. The Balaban J connectivity index is 1.67. The summed E-state index contributed by atoms with van der Waals surface area (Å²) < 4.78 is 5.57. The minimum absolute atomic E-state index is 0.0291. The van der Waals surface area contributed by atoms with Gasteiger partial charge in [0.15, 0.2) is 17.3 Å². The van der Waals surface area contributed by atoms with Gasteiger partial charge in [0, 0.05) is 36.7 Å². The van der Waals surface area contributed by atoms with Crippen LogP contribution in [0, 0.1) is 0 Å². The zero-order valence-corrected chi connectivity index (χ0v) is 18.2. The first-order valence-electron chi connectivity index (χ1n) is 11.4. The molecular formula is C24H28N4O4. The molecule has 1 fully saturated rings. The Bertz CT molecular complexity index is 1150. The summed E-state index contributed by atoms with van der Waals surface area (Å²) in [5.74, 6) is 0.942. The number of allylic oxidation sites excluding steroid dienone is 2.